The second-order valence-electron chi connectivity index (χ2n) is 8.96. The summed E-state index contributed by atoms with van der Waals surface area (Å²) in [5.41, 5.74) is -3.61. The maximum absolute atomic E-state index is 14.6. The molecule has 2 aliphatic rings. The van der Waals surface area contributed by atoms with E-state index in [9.17, 15) is 27.2 Å². The number of alkyl halides is 3. The van der Waals surface area contributed by atoms with Gasteiger partial charge >= 0.3 is 6.18 Å². The van der Waals surface area contributed by atoms with E-state index >= 15 is 0 Å². The second kappa shape index (κ2) is 9.02. The van der Waals surface area contributed by atoms with Gasteiger partial charge in [0.1, 0.15) is 5.82 Å². The van der Waals surface area contributed by atoms with Gasteiger partial charge in [-0.2, -0.15) is 13.2 Å². The number of hydrogen-bond donors (Lipinski definition) is 1. The van der Waals surface area contributed by atoms with Crippen molar-refractivity contribution in [2.75, 3.05) is 26.7 Å². The van der Waals surface area contributed by atoms with Crippen molar-refractivity contribution in [2.24, 2.45) is 5.41 Å². The molecule has 2 aliphatic heterocycles. The van der Waals surface area contributed by atoms with Gasteiger partial charge in [0.15, 0.2) is 0 Å². The summed E-state index contributed by atoms with van der Waals surface area (Å²) in [5.74, 6) is -2.10. The van der Waals surface area contributed by atoms with Crippen LogP contribution in [0.2, 0.25) is 0 Å². The summed E-state index contributed by atoms with van der Waals surface area (Å²) in [6.45, 7) is 0.248. The van der Waals surface area contributed by atoms with E-state index in [0.29, 0.717) is 5.56 Å². The number of piperidine rings is 2. The Morgan fingerprint density at radius 3 is 2.26 bits per heavy atom. The van der Waals surface area contributed by atoms with Crippen molar-refractivity contribution in [1.29, 1.82) is 0 Å². The summed E-state index contributed by atoms with van der Waals surface area (Å²) in [5, 5.41) is 2.78. The van der Waals surface area contributed by atoms with E-state index in [1.807, 2.05) is 0 Å². The van der Waals surface area contributed by atoms with Crippen LogP contribution in [0.4, 0.5) is 17.6 Å². The highest BCUT2D eigenvalue weighted by Crippen LogP contribution is 2.50. The predicted octanol–water partition coefficient (Wildman–Crippen LogP) is 4.14. The van der Waals surface area contributed by atoms with Crippen molar-refractivity contribution in [3.8, 4) is 0 Å². The number of halogens is 4. The van der Waals surface area contributed by atoms with Crippen molar-refractivity contribution < 1.29 is 31.9 Å². The number of hydrogen-bond acceptors (Lipinski definition) is 3. The van der Waals surface area contributed by atoms with Crippen LogP contribution in [-0.2, 0) is 19.9 Å². The van der Waals surface area contributed by atoms with Crippen LogP contribution in [0, 0.1) is 11.2 Å². The highest BCUT2D eigenvalue weighted by atomic mass is 19.4. The third-order valence-corrected chi connectivity index (χ3v) is 7.27. The molecule has 2 heterocycles. The fraction of sp³-hybridized carbons (Fsp3) is 0.440. The Kier molecular flexibility index (Phi) is 6.42. The van der Waals surface area contributed by atoms with Gasteiger partial charge in [-0.1, -0.05) is 48.5 Å². The van der Waals surface area contributed by atoms with E-state index < -0.39 is 23.1 Å². The molecule has 2 saturated heterocycles. The lowest BCUT2D eigenvalue weighted by Gasteiger charge is -2.50. The van der Waals surface area contributed by atoms with Crippen LogP contribution in [0.5, 0.6) is 0 Å². The number of benzene rings is 2. The third-order valence-electron chi connectivity index (χ3n) is 7.27. The maximum Gasteiger partial charge on any atom is 0.430 e. The predicted molar refractivity (Wildman–Crippen MR) is 116 cm³/mol. The van der Waals surface area contributed by atoms with Crippen LogP contribution in [0.15, 0.2) is 54.6 Å². The van der Waals surface area contributed by atoms with Gasteiger partial charge in [0, 0.05) is 44.6 Å². The smallest absolute Gasteiger partial charge is 0.356 e. The minimum absolute atomic E-state index is 0.00505. The number of amides is 2. The molecule has 0 saturated carbocycles. The second-order valence-corrected chi connectivity index (χ2v) is 8.96. The van der Waals surface area contributed by atoms with Gasteiger partial charge in [-0.15, -0.1) is 0 Å². The Morgan fingerprint density at radius 2 is 1.68 bits per heavy atom. The number of carbonyl (C=O) groups excluding carboxylic acids is 2. The van der Waals surface area contributed by atoms with E-state index in [0.717, 1.165) is 12.0 Å². The van der Waals surface area contributed by atoms with E-state index in [-0.39, 0.29) is 62.1 Å². The summed E-state index contributed by atoms with van der Waals surface area (Å²) >= 11 is 0. The zero-order chi connectivity index (χ0) is 24.6. The van der Waals surface area contributed by atoms with Crippen LogP contribution >= 0.6 is 0 Å². The Balaban J connectivity index is 1.63. The molecule has 2 fully saturated rings. The SMILES string of the molecule is CO[C@](C(=O)N1CCC2(CC1)CC(=O)NCC2c1ccccc1F)(c1ccccc1)C(F)(F)F. The summed E-state index contributed by atoms with van der Waals surface area (Å²) in [6, 6.07) is 13.2. The average molecular weight is 478 g/mol. The van der Waals surface area contributed by atoms with Gasteiger partial charge in [-0.3, -0.25) is 9.59 Å². The van der Waals surface area contributed by atoms with Crippen LogP contribution in [0.1, 0.15) is 36.3 Å². The summed E-state index contributed by atoms with van der Waals surface area (Å²) in [6.07, 6.45) is -4.31. The van der Waals surface area contributed by atoms with Gasteiger partial charge in [0.25, 0.3) is 11.5 Å². The zero-order valence-corrected chi connectivity index (χ0v) is 18.7. The largest absolute Gasteiger partial charge is 0.430 e. The normalized spacial score (nSPS) is 22.2. The molecular formula is C25H26F4N2O3. The molecule has 34 heavy (non-hydrogen) atoms. The maximum atomic E-state index is 14.6. The molecule has 1 N–H and O–H groups in total. The highest BCUT2D eigenvalue weighted by Gasteiger charge is 2.64. The van der Waals surface area contributed by atoms with E-state index in [1.54, 1.807) is 24.3 Å². The van der Waals surface area contributed by atoms with Crippen LogP contribution in [0.25, 0.3) is 0 Å². The molecule has 5 nitrogen and oxygen atoms in total. The van der Waals surface area contributed by atoms with Gasteiger partial charge in [0.05, 0.1) is 0 Å². The summed E-state index contributed by atoms with van der Waals surface area (Å²) in [4.78, 5) is 26.8. The molecule has 0 radical (unpaired) electrons. The topological polar surface area (TPSA) is 58.6 Å². The molecule has 2 aromatic rings. The molecule has 1 unspecified atom stereocenters. The molecule has 4 rings (SSSR count). The van der Waals surface area contributed by atoms with Gasteiger partial charge in [-0.25, -0.2) is 4.39 Å². The Morgan fingerprint density at radius 1 is 1.06 bits per heavy atom. The molecule has 182 valence electrons. The van der Waals surface area contributed by atoms with Crippen molar-refractivity contribution in [2.45, 2.75) is 37.0 Å². The van der Waals surface area contributed by atoms with Crippen molar-refractivity contribution in [3.05, 3.63) is 71.5 Å². The molecule has 2 amide bonds. The monoisotopic (exact) mass is 478 g/mol. The zero-order valence-electron chi connectivity index (χ0n) is 18.7. The molecule has 9 heteroatoms. The van der Waals surface area contributed by atoms with Crippen molar-refractivity contribution >= 4 is 11.8 Å². The number of nitrogens with one attached hydrogen (secondary N) is 1. The first-order valence-corrected chi connectivity index (χ1v) is 11.1. The third kappa shape index (κ3) is 3.96. The molecule has 0 aliphatic carbocycles. The first-order valence-electron chi connectivity index (χ1n) is 11.1. The average Bonchev–Trinajstić information content (AvgIpc) is 2.81. The summed E-state index contributed by atoms with van der Waals surface area (Å²) in [7, 11) is 0.878. The number of ether oxygens (including phenoxy) is 1. The van der Waals surface area contributed by atoms with E-state index in [1.165, 1.54) is 30.3 Å². The fourth-order valence-electron chi connectivity index (χ4n) is 5.44. The molecule has 2 aromatic carbocycles. The quantitative estimate of drug-likeness (QED) is 0.672. The molecule has 0 bridgehead atoms. The summed E-state index contributed by atoms with van der Waals surface area (Å²) < 4.78 is 62.5. The molecule has 0 aromatic heterocycles. The number of methoxy groups -OCH3 is 1. The first-order chi connectivity index (χ1) is 16.1. The number of carbonyl (C=O) groups is 2. The Bertz CT molecular complexity index is 1050. The number of nitrogens with zero attached hydrogens (tertiary/aromatic N) is 1. The van der Waals surface area contributed by atoms with Gasteiger partial charge < -0.3 is 15.0 Å². The highest BCUT2D eigenvalue weighted by molar-refractivity contribution is 5.88. The van der Waals surface area contributed by atoms with Crippen molar-refractivity contribution in [1.82, 2.24) is 10.2 Å². The molecule has 1 spiro atoms. The lowest BCUT2D eigenvalue weighted by atomic mass is 9.62. The fourth-order valence-corrected chi connectivity index (χ4v) is 5.44. The molecule has 2 atom stereocenters. The number of rotatable bonds is 4. The standard InChI is InChI=1S/C25H26F4N2O3/c1-34-24(25(27,28)29,17-7-3-2-4-8-17)22(33)31-13-11-23(12-14-31)15-21(32)30-16-19(23)18-9-5-6-10-20(18)26/h2-10,19H,11-16H2,1H3,(H,30,32)/t19?,24-/m0/s1. The van der Waals surface area contributed by atoms with Crippen LogP contribution < -0.4 is 5.32 Å². The van der Waals surface area contributed by atoms with Crippen LogP contribution in [-0.4, -0.2) is 49.6 Å². The minimum Gasteiger partial charge on any atom is -0.356 e. The van der Waals surface area contributed by atoms with Gasteiger partial charge in [0.2, 0.25) is 5.91 Å². The van der Waals surface area contributed by atoms with Crippen molar-refractivity contribution in [3.63, 3.8) is 0 Å². The van der Waals surface area contributed by atoms with Crippen LogP contribution in [0.3, 0.4) is 0 Å². The lowest BCUT2D eigenvalue weighted by Crippen LogP contribution is -2.60. The van der Waals surface area contributed by atoms with Gasteiger partial charge in [-0.05, 0) is 29.9 Å². The number of likely N-dealkylation sites (tertiary alicyclic amines) is 1. The lowest BCUT2D eigenvalue weighted by molar-refractivity contribution is -0.271. The first kappa shape index (κ1) is 24.2. The Hall–Kier alpha value is -2.94. The van der Waals surface area contributed by atoms with E-state index in [2.05, 4.69) is 5.32 Å². The van der Waals surface area contributed by atoms with E-state index in [4.69, 9.17) is 4.74 Å². The Labute approximate surface area is 195 Å². The minimum atomic E-state index is -4.99. The molecular weight excluding hydrogens is 452 g/mol.